The molecule has 0 radical (unpaired) electrons. The molecule has 0 spiro atoms. The molecular weight excluding hydrogens is 208 g/mol. The second-order valence-electron chi connectivity index (χ2n) is 5.52. The Morgan fingerprint density at radius 3 is 2.88 bits per heavy atom. The van der Waals surface area contributed by atoms with E-state index >= 15 is 0 Å². The maximum Gasteiger partial charge on any atom is 0.0172 e. The SMILES string of the molecule is CC1CN(C2CC2c2ccccc2)CCCN1. The Morgan fingerprint density at radius 1 is 1.24 bits per heavy atom. The highest BCUT2D eigenvalue weighted by atomic mass is 15.2. The molecule has 3 atom stereocenters. The third-order valence-corrected chi connectivity index (χ3v) is 4.08. The Labute approximate surface area is 104 Å². The third kappa shape index (κ3) is 2.53. The fourth-order valence-corrected chi connectivity index (χ4v) is 3.08. The van der Waals surface area contributed by atoms with Crippen LogP contribution in [0.4, 0.5) is 0 Å². The van der Waals surface area contributed by atoms with Crippen molar-refractivity contribution in [2.45, 2.75) is 37.8 Å². The van der Waals surface area contributed by atoms with Gasteiger partial charge in [-0.1, -0.05) is 30.3 Å². The first-order valence-corrected chi connectivity index (χ1v) is 6.87. The highest BCUT2D eigenvalue weighted by Crippen LogP contribution is 2.44. The minimum absolute atomic E-state index is 0.648. The summed E-state index contributed by atoms with van der Waals surface area (Å²) in [6.45, 7) is 5.97. The molecule has 0 aromatic heterocycles. The first kappa shape index (κ1) is 11.2. The maximum atomic E-state index is 3.57. The summed E-state index contributed by atoms with van der Waals surface area (Å²) in [5.41, 5.74) is 1.53. The van der Waals surface area contributed by atoms with Gasteiger partial charge in [-0.2, -0.15) is 0 Å². The van der Waals surface area contributed by atoms with E-state index in [4.69, 9.17) is 0 Å². The molecular formula is C15H22N2. The van der Waals surface area contributed by atoms with E-state index in [1.807, 2.05) is 0 Å². The highest BCUT2D eigenvalue weighted by Gasteiger charge is 2.42. The number of hydrogen-bond donors (Lipinski definition) is 1. The van der Waals surface area contributed by atoms with E-state index in [1.54, 1.807) is 0 Å². The molecule has 17 heavy (non-hydrogen) atoms. The van der Waals surface area contributed by atoms with E-state index in [2.05, 4.69) is 47.5 Å². The maximum absolute atomic E-state index is 3.57. The van der Waals surface area contributed by atoms with Crippen LogP contribution in [0, 0.1) is 0 Å². The van der Waals surface area contributed by atoms with Gasteiger partial charge in [0.05, 0.1) is 0 Å². The fourth-order valence-electron chi connectivity index (χ4n) is 3.08. The van der Waals surface area contributed by atoms with Crippen molar-refractivity contribution in [1.29, 1.82) is 0 Å². The zero-order valence-electron chi connectivity index (χ0n) is 10.6. The van der Waals surface area contributed by atoms with Crippen LogP contribution < -0.4 is 5.32 Å². The molecule has 0 amide bonds. The number of nitrogens with zero attached hydrogens (tertiary/aromatic N) is 1. The Hall–Kier alpha value is -0.860. The molecule has 1 aromatic carbocycles. The van der Waals surface area contributed by atoms with Gasteiger partial charge in [0.1, 0.15) is 0 Å². The topological polar surface area (TPSA) is 15.3 Å². The van der Waals surface area contributed by atoms with Crippen molar-refractivity contribution in [1.82, 2.24) is 10.2 Å². The number of benzene rings is 1. The average Bonchev–Trinajstić information content (AvgIpc) is 3.14. The Balaban J connectivity index is 1.64. The van der Waals surface area contributed by atoms with E-state index in [9.17, 15) is 0 Å². The second kappa shape index (κ2) is 4.79. The molecule has 2 fully saturated rings. The molecule has 1 saturated carbocycles. The smallest absolute Gasteiger partial charge is 0.0172 e. The molecule has 1 saturated heterocycles. The van der Waals surface area contributed by atoms with Gasteiger partial charge >= 0.3 is 0 Å². The predicted octanol–water partition coefficient (Wildman–Crippen LogP) is 2.23. The summed E-state index contributed by atoms with van der Waals surface area (Å²) in [6.07, 6.45) is 2.65. The van der Waals surface area contributed by atoms with Gasteiger partial charge in [0.25, 0.3) is 0 Å². The lowest BCUT2D eigenvalue weighted by molar-refractivity contribution is 0.258. The summed E-state index contributed by atoms with van der Waals surface area (Å²) >= 11 is 0. The molecule has 3 unspecified atom stereocenters. The summed E-state index contributed by atoms with van der Waals surface area (Å²) in [4.78, 5) is 2.70. The first-order valence-electron chi connectivity index (χ1n) is 6.87. The zero-order chi connectivity index (χ0) is 11.7. The molecule has 1 aliphatic carbocycles. The third-order valence-electron chi connectivity index (χ3n) is 4.08. The van der Waals surface area contributed by atoms with Crippen LogP contribution >= 0.6 is 0 Å². The molecule has 2 aliphatic rings. The minimum Gasteiger partial charge on any atom is -0.313 e. The number of rotatable bonds is 2. The Kier molecular flexibility index (Phi) is 3.17. The zero-order valence-corrected chi connectivity index (χ0v) is 10.6. The summed E-state index contributed by atoms with van der Waals surface area (Å²) in [5.74, 6) is 0.793. The van der Waals surface area contributed by atoms with Crippen LogP contribution in [0.15, 0.2) is 30.3 Å². The van der Waals surface area contributed by atoms with E-state index in [0.29, 0.717) is 6.04 Å². The molecule has 1 aromatic rings. The molecule has 1 N–H and O–H groups in total. The lowest BCUT2D eigenvalue weighted by Gasteiger charge is -2.22. The van der Waals surface area contributed by atoms with E-state index in [-0.39, 0.29) is 0 Å². The summed E-state index contributed by atoms with van der Waals surface area (Å²) in [6, 6.07) is 12.5. The lowest BCUT2D eigenvalue weighted by Crippen LogP contribution is -2.36. The van der Waals surface area contributed by atoms with E-state index in [0.717, 1.165) is 12.0 Å². The van der Waals surface area contributed by atoms with E-state index in [1.165, 1.54) is 38.0 Å². The monoisotopic (exact) mass is 230 g/mol. The van der Waals surface area contributed by atoms with Crippen LogP contribution in [0.1, 0.15) is 31.2 Å². The normalized spacial score (nSPS) is 34.3. The minimum atomic E-state index is 0.648. The van der Waals surface area contributed by atoms with Crippen molar-refractivity contribution in [3.8, 4) is 0 Å². The number of nitrogens with one attached hydrogen (secondary N) is 1. The molecule has 1 heterocycles. The van der Waals surface area contributed by atoms with Crippen molar-refractivity contribution in [2.75, 3.05) is 19.6 Å². The van der Waals surface area contributed by atoms with Crippen LogP contribution in [0.2, 0.25) is 0 Å². The molecule has 2 nitrogen and oxygen atoms in total. The van der Waals surface area contributed by atoms with Gasteiger partial charge in [-0.3, -0.25) is 4.90 Å². The molecule has 3 rings (SSSR count). The van der Waals surface area contributed by atoms with Gasteiger partial charge in [-0.05, 0) is 38.4 Å². The van der Waals surface area contributed by atoms with Gasteiger partial charge in [-0.15, -0.1) is 0 Å². The first-order chi connectivity index (χ1) is 8.34. The van der Waals surface area contributed by atoms with Crippen molar-refractivity contribution in [3.05, 3.63) is 35.9 Å². The van der Waals surface area contributed by atoms with Gasteiger partial charge < -0.3 is 5.32 Å². The molecule has 1 aliphatic heterocycles. The fraction of sp³-hybridized carbons (Fsp3) is 0.600. The van der Waals surface area contributed by atoms with Gasteiger partial charge in [0.15, 0.2) is 0 Å². The van der Waals surface area contributed by atoms with Crippen LogP contribution in [-0.4, -0.2) is 36.6 Å². The van der Waals surface area contributed by atoms with Crippen molar-refractivity contribution in [3.63, 3.8) is 0 Å². The van der Waals surface area contributed by atoms with Gasteiger partial charge in [0, 0.05) is 24.5 Å². The van der Waals surface area contributed by atoms with Crippen LogP contribution in [0.5, 0.6) is 0 Å². The molecule has 92 valence electrons. The second-order valence-corrected chi connectivity index (χ2v) is 5.52. The average molecular weight is 230 g/mol. The number of hydrogen-bond acceptors (Lipinski definition) is 2. The van der Waals surface area contributed by atoms with Crippen molar-refractivity contribution >= 4 is 0 Å². The molecule has 2 heteroatoms. The summed E-state index contributed by atoms with van der Waals surface area (Å²) in [5, 5.41) is 3.57. The van der Waals surface area contributed by atoms with Crippen molar-refractivity contribution < 1.29 is 0 Å². The van der Waals surface area contributed by atoms with Crippen molar-refractivity contribution in [2.24, 2.45) is 0 Å². The van der Waals surface area contributed by atoms with Gasteiger partial charge in [-0.25, -0.2) is 0 Å². The summed E-state index contributed by atoms with van der Waals surface area (Å²) < 4.78 is 0. The Bertz CT molecular complexity index is 362. The van der Waals surface area contributed by atoms with Crippen LogP contribution in [0.25, 0.3) is 0 Å². The van der Waals surface area contributed by atoms with E-state index < -0.39 is 0 Å². The predicted molar refractivity (Wildman–Crippen MR) is 71.2 cm³/mol. The van der Waals surface area contributed by atoms with Gasteiger partial charge in [0.2, 0.25) is 0 Å². The van der Waals surface area contributed by atoms with Crippen LogP contribution in [-0.2, 0) is 0 Å². The lowest BCUT2D eigenvalue weighted by atomic mass is 10.1. The highest BCUT2D eigenvalue weighted by molar-refractivity contribution is 5.27. The quantitative estimate of drug-likeness (QED) is 0.838. The standard InChI is InChI=1S/C15H22N2/c1-12-11-17(9-5-8-16-12)15-10-14(15)13-6-3-2-4-7-13/h2-4,6-7,12,14-16H,5,8-11H2,1H3. The Morgan fingerprint density at radius 2 is 2.06 bits per heavy atom. The largest absolute Gasteiger partial charge is 0.313 e. The summed E-state index contributed by atoms with van der Waals surface area (Å²) in [7, 11) is 0. The molecule has 0 bridgehead atoms. The van der Waals surface area contributed by atoms with Crippen LogP contribution in [0.3, 0.4) is 0 Å².